The van der Waals surface area contributed by atoms with Gasteiger partial charge in [0.25, 0.3) is 0 Å². The number of hydrazone groups is 1. The van der Waals surface area contributed by atoms with E-state index >= 15 is 0 Å². The fraction of sp³-hybridized carbons (Fsp3) is 0.833. The number of hydrogen-bond donors (Lipinski definition) is 2. The second-order valence-corrected chi connectivity index (χ2v) is 2.27. The molecule has 0 aromatic heterocycles. The Bertz CT molecular complexity index is 97.2. The van der Waals surface area contributed by atoms with E-state index in [4.69, 9.17) is 5.11 Å². The van der Waals surface area contributed by atoms with Crippen molar-refractivity contribution >= 4 is 5.71 Å². The maximum atomic E-state index is 8.52. The molecule has 0 heterocycles. The van der Waals surface area contributed by atoms with E-state index in [1.54, 1.807) is 0 Å². The topological polar surface area (TPSA) is 44.6 Å². The molecule has 0 bridgehead atoms. The van der Waals surface area contributed by atoms with Crippen LogP contribution in [0.25, 0.3) is 0 Å². The highest BCUT2D eigenvalue weighted by Crippen LogP contribution is 1.77. The highest BCUT2D eigenvalue weighted by Gasteiger charge is 1.92. The van der Waals surface area contributed by atoms with E-state index < -0.39 is 0 Å². The van der Waals surface area contributed by atoms with Crippen molar-refractivity contribution in [2.24, 2.45) is 5.10 Å². The van der Waals surface area contributed by atoms with Crippen LogP contribution >= 0.6 is 0 Å². The molecule has 2 N–H and O–H groups in total. The monoisotopic (exact) mass is 130 g/mol. The lowest BCUT2D eigenvalue weighted by atomic mass is 10.4. The lowest BCUT2D eigenvalue weighted by Gasteiger charge is -2.05. The van der Waals surface area contributed by atoms with Gasteiger partial charge >= 0.3 is 0 Å². The highest BCUT2D eigenvalue weighted by atomic mass is 16.3. The van der Waals surface area contributed by atoms with Crippen LogP contribution in [0.1, 0.15) is 20.8 Å². The van der Waals surface area contributed by atoms with Crippen LogP contribution in [0, 0.1) is 0 Å². The summed E-state index contributed by atoms with van der Waals surface area (Å²) in [5, 5.41) is 12.4. The van der Waals surface area contributed by atoms with Crippen molar-refractivity contribution in [2.45, 2.75) is 26.8 Å². The number of nitrogens with one attached hydrogen (secondary N) is 1. The van der Waals surface area contributed by atoms with Crippen molar-refractivity contribution in [3.8, 4) is 0 Å². The highest BCUT2D eigenvalue weighted by molar-refractivity contribution is 5.78. The molecule has 0 saturated carbocycles. The van der Waals surface area contributed by atoms with E-state index in [1.165, 1.54) is 0 Å². The summed E-state index contributed by atoms with van der Waals surface area (Å²) in [7, 11) is 0. The van der Waals surface area contributed by atoms with Gasteiger partial charge in [-0.25, -0.2) is 0 Å². The quantitative estimate of drug-likeness (QED) is 0.428. The lowest BCUT2D eigenvalue weighted by molar-refractivity contribution is 0.253. The number of aliphatic hydroxyl groups is 1. The van der Waals surface area contributed by atoms with Crippen LogP contribution in [0.3, 0.4) is 0 Å². The minimum Gasteiger partial charge on any atom is -0.394 e. The Labute approximate surface area is 55.8 Å². The Hall–Kier alpha value is -0.570. The Morgan fingerprint density at radius 3 is 2.56 bits per heavy atom. The van der Waals surface area contributed by atoms with Crippen molar-refractivity contribution in [3.63, 3.8) is 0 Å². The molecule has 0 fully saturated rings. The zero-order valence-electron chi connectivity index (χ0n) is 6.18. The van der Waals surface area contributed by atoms with Crippen molar-refractivity contribution < 1.29 is 5.11 Å². The molecular formula is C6H14N2O. The molecule has 54 valence electrons. The SMILES string of the molecule is CC(C)=NNC(C)CO. The molecule has 9 heavy (non-hydrogen) atoms. The van der Waals surface area contributed by atoms with Gasteiger partial charge in [0.05, 0.1) is 12.6 Å². The second kappa shape index (κ2) is 4.32. The predicted octanol–water partition coefficient (Wildman–Crippen LogP) is 0.353. The molecule has 1 unspecified atom stereocenters. The smallest absolute Gasteiger partial charge is 0.0646 e. The summed E-state index contributed by atoms with van der Waals surface area (Å²) in [6, 6.07) is 0.0555. The maximum absolute atomic E-state index is 8.52. The molecule has 0 aliphatic heterocycles. The van der Waals surface area contributed by atoms with Crippen LogP contribution in [-0.4, -0.2) is 23.5 Å². The molecule has 0 saturated heterocycles. The Morgan fingerprint density at radius 2 is 2.22 bits per heavy atom. The van der Waals surface area contributed by atoms with E-state index in [0.717, 1.165) is 5.71 Å². The zero-order valence-corrected chi connectivity index (χ0v) is 6.18. The minimum atomic E-state index is 0.0555. The Kier molecular flexibility index (Phi) is 4.05. The summed E-state index contributed by atoms with van der Waals surface area (Å²) in [5.41, 5.74) is 3.74. The first-order chi connectivity index (χ1) is 4.16. The Balaban J connectivity index is 3.37. The van der Waals surface area contributed by atoms with Crippen molar-refractivity contribution in [2.75, 3.05) is 6.61 Å². The third-order valence-corrected chi connectivity index (χ3v) is 0.782. The molecule has 3 heteroatoms. The van der Waals surface area contributed by atoms with Gasteiger partial charge in [-0.3, -0.25) is 0 Å². The summed E-state index contributed by atoms with van der Waals surface area (Å²) in [6.07, 6.45) is 0. The summed E-state index contributed by atoms with van der Waals surface area (Å²) >= 11 is 0. The maximum Gasteiger partial charge on any atom is 0.0646 e. The molecule has 0 rings (SSSR count). The fourth-order valence-electron chi connectivity index (χ4n) is 0.280. The van der Waals surface area contributed by atoms with Crippen LogP contribution in [0.15, 0.2) is 5.10 Å². The van der Waals surface area contributed by atoms with Gasteiger partial charge in [0.2, 0.25) is 0 Å². The molecule has 0 aromatic rings. The summed E-state index contributed by atoms with van der Waals surface area (Å²) in [6.45, 7) is 5.79. The Morgan fingerprint density at radius 1 is 1.67 bits per heavy atom. The number of hydrogen-bond acceptors (Lipinski definition) is 3. The molecule has 1 atom stereocenters. The zero-order chi connectivity index (χ0) is 7.28. The molecule has 0 aromatic carbocycles. The van der Waals surface area contributed by atoms with Crippen LogP contribution in [-0.2, 0) is 0 Å². The van der Waals surface area contributed by atoms with Crippen molar-refractivity contribution in [3.05, 3.63) is 0 Å². The van der Waals surface area contributed by atoms with Gasteiger partial charge in [-0.15, -0.1) is 0 Å². The molecule has 0 spiro atoms. The van der Waals surface area contributed by atoms with E-state index in [1.807, 2.05) is 20.8 Å². The van der Waals surface area contributed by atoms with Gasteiger partial charge in [0, 0.05) is 5.71 Å². The molecule has 0 aliphatic carbocycles. The van der Waals surface area contributed by atoms with Crippen LogP contribution in [0.2, 0.25) is 0 Å². The van der Waals surface area contributed by atoms with E-state index in [9.17, 15) is 0 Å². The van der Waals surface area contributed by atoms with E-state index in [0.29, 0.717) is 0 Å². The predicted molar refractivity (Wildman–Crippen MR) is 38.5 cm³/mol. The number of aliphatic hydroxyl groups excluding tert-OH is 1. The molecular weight excluding hydrogens is 116 g/mol. The van der Waals surface area contributed by atoms with Gasteiger partial charge in [0.1, 0.15) is 0 Å². The van der Waals surface area contributed by atoms with Crippen LogP contribution < -0.4 is 5.43 Å². The van der Waals surface area contributed by atoms with Crippen molar-refractivity contribution in [1.82, 2.24) is 5.43 Å². The average molecular weight is 130 g/mol. The van der Waals surface area contributed by atoms with Gasteiger partial charge in [0.15, 0.2) is 0 Å². The minimum absolute atomic E-state index is 0.0555. The largest absolute Gasteiger partial charge is 0.394 e. The van der Waals surface area contributed by atoms with Gasteiger partial charge in [-0.1, -0.05) is 0 Å². The molecule has 0 amide bonds. The molecule has 3 nitrogen and oxygen atoms in total. The third kappa shape index (κ3) is 5.30. The summed E-state index contributed by atoms with van der Waals surface area (Å²) < 4.78 is 0. The lowest BCUT2D eigenvalue weighted by Crippen LogP contribution is -2.24. The van der Waals surface area contributed by atoms with E-state index in [2.05, 4.69) is 10.5 Å². The van der Waals surface area contributed by atoms with Gasteiger partial charge < -0.3 is 10.5 Å². The first-order valence-corrected chi connectivity index (χ1v) is 3.04. The second-order valence-electron chi connectivity index (χ2n) is 2.27. The van der Waals surface area contributed by atoms with E-state index in [-0.39, 0.29) is 12.6 Å². The number of nitrogens with zero attached hydrogens (tertiary/aromatic N) is 1. The average Bonchev–Trinajstić information content (AvgIpc) is 1.83. The molecule has 0 aliphatic rings. The molecule has 0 radical (unpaired) electrons. The van der Waals surface area contributed by atoms with Crippen LogP contribution in [0.4, 0.5) is 0 Å². The van der Waals surface area contributed by atoms with Gasteiger partial charge in [-0.05, 0) is 20.8 Å². The standard InChI is InChI=1S/C6H14N2O/c1-5(2)7-8-6(3)4-9/h6,8-9H,4H2,1-3H3. The third-order valence-electron chi connectivity index (χ3n) is 0.782. The van der Waals surface area contributed by atoms with Gasteiger partial charge in [-0.2, -0.15) is 5.10 Å². The van der Waals surface area contributed by atoms with Crippen molar-refractivity contribution in [1.29, 1.82) is 0 Å². The first-order valence-electron chi connectivity index (χ1n) is 3.04. The van der Waals surface area contributed by atoms with Crippen LogP contribution in [0.5, 0.6) is 0 Å². The summed E-state index contributed by atoms with van der Waals surface area (Å²) in [5.74, 6) is 0. The fourth-order valence-corrected chi connectivity index (χ4v) is 0.280. The number of rotatable bonds is 3. The first kappa shape index (κ1) is 8.43. The summed E-state index contributed by atoms with van der Waals surface area (Å²) in [4.78, 5) is 0. The normalized spacial score (nSPS) is 12.4.